The number of β-amino-alcohol motifs (C(OH)–C–C–N with tert-alkyl or cyclic N) is 1. The Hall–Kier alpha value is -0.610. The van der Waals surface area contributed by atoms with E-state index in [2.05, 4.69) is 5.32 Å². The fourth-order valence-electron chi connectivity index (χ4n) is 1.53. The summed E-state index contributed by atoms with van der Waals surface area (Å²) >= 11 is 0. The van der Waals surface area contributed by atoms with Crippen molar-refractivity contribution in [2.45, 2.75) is 31.9 Å². The molecule has 0 bridgehead atoms. The van der Waals surface area contributed by atoms with Gasteiger partial charge in [-0.25, -0.2) is 0 Å². The molecule has 13 heavy (non-hydrogen) atoms. The van der Waals surface area contributed by atoms with Crippen molar-refractivity contribution in [2.24, 2.45) is 0 Å². The van der Waals surface area contributed by atoms with E-state index in [1.165, 1.54) is 0 Å². The van der Waals surface area contributed by atoms with Gasteiger partial charge in [0, 0.05) is 13.1 Å². The summed E-state index contributed by atoms with van der Waals surface area (Å²) in [6, 6.07) is -0.158. The van der Waals surface area contributed by atoms with Gasteiger partial charge in [-0.15, -0.1) is 0 Å². The summed E-state index contributed by atoms with van der Waals surface area (Å²) in [4.78, 5) is 13.3. The lowest BCUT2D eigenvalue weighted by Crippen LogP contribution is -2.43. The lowest BCUT2D eigenvalue weighted by molar-refractivity contribution is -0.132. The van der Waals surface area contributed by atoms with Gasteiger partial charge < -0.3 is 15.3 Å². The van der Waals surface area contributed by atoms with Crippen molar-refractivity contribution >= 4 is 5.91 Å². The van der Waals surface area contributed by atoms with Gasteiger partial charge in [0.05, 0.1) is 11.6 Å². The van der Waals surface area contributed by atoms with Crippen molar-refractivity contribution in [3.8, 4) is 0 Å². The van der Waals surface area contributed by atoms with Crippen LogP contribution in [0.25, 0.3) is 0 Å². The number of likely N-dealkylation sites (N-methyl/N-ethyl adjacent to an activating group) is 1. The van der Waals surface area contributed by atoms with Crippen molar-refractivity contribution in [1.29, 1.82) is 0 Å². The van der Waals surface area contributed by atoms with Crippen LogP contribution in [0.4, 0.5) is 0 Å². The summed E-state index contributed by atoms with van der Waals surface area (Å²) in [7, 11) is 1.76. The highest BCUT2D eigenvalue weighted by atomic mass is 16.3. The molecule has 1 amide bonds. The first-order valence-corrected chi connectivity index (χ1v) is 4.65. The van der Waals surface area contributed by atoms with Crippen molar-refractivity contribution in [3.05, 3.63) is 0 Å². The predicted molar refractivity (Wildman–Crippen MR) is 50.3 cm³/mol. The van der Waals surface area contributed by atoms with Gasteiger partial charge in [0.15, 0.2) is 0 Å². The smallest absolute Gasteiger partial charge is 0.239 e. The molecule has 1 aliphatic rings. The van der Waals surface area contributed by atoms with Crippen LogP contribution in [0, 0.1) is 0 Å². The van der Waals surface area contributed by atoms with Crippen LogP contribution in [0.1, 0.15) is 20.3 Å². The lowest BCUT2D eigenvalue weighted by atomic mass is 10.1. The summed E-state index contributed by atoms with van der Waals surface area (Å²) < 4.78 is 0. The standard InChI is InChI=1S/C9H18N2O2/c1-7(10-3)8(12)11-5-4-9(2,13)6-11/h7,10,13H,4-6H2,1-3H3. The van der Waals surface area contributed by atoms with Gasteiger partial charge in [-0.05, 0) is 27.3 Å². The summed E-state index contributed by atoms with van der Waals surface area (Å²) in [6.45, 7) is 4.72. The molecule has 1 heterocycles. The number of aliphatic hydroxyl groups is 1. The van der Waals surface area contributed by atoms with Crippen LogP contribution in [-0.2, 0) is 4.79 Å². The minimum Gasteiger partial charge on any atom is -0.388 e. The Morgan fingerprint density at radius 3 is 2.69 bits per heavy atom. The SMILES string of the molecule is CNC(C)C(=O)N1CCC(C)(O)C1. The second-order valence-corrected chi connectivity index (χ2v) is 4.02. The van der Waals surface area contributed by atoms with E-state index < -0.39 is 5.60 Å². The van der Waals surface area contributed by atoms with Crippen LogP contribution in [-0.4, -0.2) is 47.7 Å². The van der Waals surface area contributed by atoms with E-state index in [0.29, 0.717) is 19.5 Å². The molecule has 4 heteroatoms. The van der Waals surface area contributed by atoms with E-state index in [1.54, 1.807) is 18.9 Å². The second-order valence-electron chi connectivity index (χ2n) is 4.02. The number of hydrogen-bond donors (Lipinski definition) is 2. The molecule has 2 atom stereocenters. The minimum absolute atomic E-state index is 0.0697. The lowest BCUT2D eigenvalue weighted by Gasteiger charge is -2.21. The Morgan fingerprint density at radius 1 is 1.69 bits per heavy atom. The molecule has 1 aliphatic heterocycles. The molecule has 0 spiro atoms. The Morgan fingerprint density at radius 2 is 2.31 bits per heavy atom. The minimum atomic E-state index is -0.691. The summed E-state index contributed by atoms with van der Waals surface area (Å²) in [5, 5.41) is 12.6. The molecule has 1 fully saturated rings. The highest BCUT2D eigenvalue weighted by Crippen LogP contribution is 2.20. The average molecular weight is 186 g/mol. The normalized spacial score (nSPS) is 30.6. The molecule has 0 aromatic rings. The van der Waals surface area contributed by atoms with E-state index >= 15 is 0 Å². The third-order valence-corrected chi connectivity index (χ3v) is 2.57. The van der Waals surface area contributed by atoms with E-state index in [0.717, 1.165) is 0 Å². The Kier molecular flexibility index (Phi) is 2.93. The first-order valence-electron chi connectivity index (χ1n) is 4.65. The van der Waals surface area contributed by atoms with Crippen molar-refractivity contribution in [1.82, 2.24) is 10.2 Å². The Balaban J connectivity index is 2.51. The molecule has 2 N–H and O–H groups in total. The zero-order valence-electron chi connectivity index (χ0n) is 8.50. The van der Waals surface area contributed by atoms with Crippen LogP contribution in [0.5, 0.6) is 0 Å². The maximum Gasteiger partial charge on any atom is 0.239 e. The van der Waals surface area contributed by atoms with E-state index in [-0.39, 0.29) is 11.9 Å². The monoisotopic (exact) mass is 186 g/mol. The summed E-state index contributed by atoms with van der Waals surface area (Å²) in [5.41, 5.74) is -0.691. The zero-order valence-corrected chi connectivity index (χ0v) is 8.50. The van der Waals surface area contributed by atoms with Crippen molar-refractivity contribution in [3.63, 3.8) is 0 Å². The molecule has 0 radical (unpaired) electrons. The molecule has 0 aliphatic carbocycles. The average Bonchev–Trinajstić information content (AvgIpc) is 2.43. The molecule has 1 rings (SSSR count). The number of rotatable bonds is 2. The highest BCUT2D eigenvalue weighted by Gasteiger charge is 2.34. The third kappa shape index (κ3) is 2.42. The first-order chi connectivity index (χ1) is 5.96. The van der Waals surface area contributed by atoms with E-state index in [9.17, 15) is 9.90 Å². The number of likely N-dealkylation sites (tertiary alicyclic amines) is 1. The largest absolute Gasteiger partial charge is 0.388 e. The Bertz CT molecular complexity index is 204. The van der Waals surface area contributed by atoms with Crippen LogP contribution < -0.4 is 5.32 Å². The third-order valence-electron chi connectivity index (χ3n) is 2.57. The quantitative estimate of drug-likeness (QED) is 0.615. The van der Waals surface area contributed by atoms with Gasteiger partial charge in [0.2, 0.25) is 5.91 Å². The maximum absolute atomic E-state index is 11.6. The fourth-order valence-corrected chi connectivity index (χ4v) is 1.53. The van der Waals surface area contributed by atoms with Crippen LogP contribution in [0.15, 0.2) is 0 Å². The molecular formula is C9H18N2O2. The van der Waals surface area contributed by atoms with Gasteiger partial charge >= 0.3 is 0 Å². The predicted octanol–water partition coefficient (Wildman–Crippen LogP) is -0.422. The molecule has 0 aromatic carbocycles. The van der Waals surface area contributed by atoms with Gasteiger partial charge in [-0.1, -0.05) is 0 Å². The molecular weight excluding hydrogens is 168 g/mol. The highest BCUT2D eigenvalue weighted by molar-refractivity contribution is 5.81. The van der Waals surface area contributed by atoms with Crippen molar-refractivity contribution < 1.29 is 9.90 Å². The summed E-state index contributed by atoms with van der Waals surface area (Å²) in [6.07, 6.45) is 0.676. The molecule has 4 nitrogen and oxygen atoms in total. The maximum atomic E-state index is 11.6. The van der Waals surface area contributed by atoms with Gasteiger partial charge in [0.25, 0.3) is 0 Å². The summed E-state index contributed by atoms with van der Waals surface area (Å²) in [5.74, 6) is 0.0697. The number of amides is 1. The Labute approximate surface area is 78.9 Å². The van der Waals surface area contributed by atoms with Crippen LogP contribution in [0.2, 0.25) is 0 Å². The van der Waals surface area contributed by atoms with Crippen LogP contribution >= 0.6 is 0 Å². The second kappa shape index (κ2) is 3.64. The first kappa shape index (κ1) is 10.5. The van der Waals surface area contributed by atoms with E-state index in [1.807, 2.05) is 6.92 Å². The number of hydrogen-bond acceptors (Lipinski definition) is 3. The number of carbonyl (C=O) groups is 1. The zero-order chi connectivity index (χ0) is 10.1. The number of carbonyl (C=O) groups excluding carboxylic acids is 1. The molecule has 0 aromatic heterocycles. The molecule has 1 saturated heterocycles. The molecule has 76 valence electrons. The number of nitrogens with one attached hydrogen (secondary N) is 1. The molecule has 0 saturated carbocycles. The van der Waals surface area contributed by atoms with Gasteiger partial charge in [0.1, 0.15) is 0 Å². The van der Waals surface area contributed by atoms with Crippen LogP contribution in [0.3, 0.4) is 0 Å². The fraction of sp³-hybridized carbons (Fsp3) is 0.889. The van der Waals surface area contributed by atoms with Gasteiger partial charge in [-0.2, -0.15) is 0 Å². The van der Waals surface area contributed by atoms with Crippen molar-refractivity contribution in [2.75, 3.05) is 20.1 Å². The van der Waals surface area contributed by atoms with E-state index in [4.69, 9.17) is 0 Å². The number of nitrogens with zero attached hydrogens (tertiary/aromatic N) is 1. The molecule has 2 unspecified atom stereocenters. The topological polar surface area (TPSA) is 52.6 Å². The van der Waals surface area contributed by atoms with Gasteiger partial charge in [-0.3, -0.25) is 4.79 Å².